The third-order valence-corrected chi connectivity index (χ3v) is 2.10. The Hall–Kier alpha value is -1.64. The van der Waals surface area contributed by atoms with Gasteiger partial charge in [0, 0.05) is 0 Å². The van der Waals surface area contributed by atoms with Crippen LogP contribution >= 0.6 is 0 Å². The second kappa shape index (κ2) is 3.25. The van der Waals surface area contributed by atoms with Crippen molar-refractivity contribution in [2.24, 2.45) is 0 Å². The fraction of sp³-hybridized carbons (Fsp3) is 0.273. The Bertz CT molecular complexity index is 485. The molecule has 3 nitrogen and oxygen atoms in total. The van der Waals surface area contributed by atoms with Crippen molar-refractivity contribution in [3.8, 4) is 0 Å². The highest BCUT2D eigenvalue weighted by atomic mass is 16.1. The molecular formula is C11H12N2O. The van der Waals surface area contributed by atoms with Crippen molar-refractivity contribution in [3.05, 3.63) is 29.6 Å². The lowest BCUT2D eigenvalue weighted by molar-refractivity contribution is -0.116. The van der Waals surface area contributed by atoms with Crippen LogP contribution in [-0.2, 0) is 11.2 Å². The van der Waals surface area contributed by atoms with Crippen molar-refractivity contribution < 1.29 is 4.79 Å². The Kier molecular flexibility index (Phi) is 2.08. The molecule has 14 heavy (non-hydrogen) atoms. The number of aryl methyl sites for hydroxylation is 1. The van der Waals surface area contributed by atoms with Gasteiger partial charge in [-0.05, 0) is 31.5 Å². The molecule has 0 spiro atoms. The number of hydrogen-bond acceptors (Lipinski definition) is 2. The first-order valence-corrected chi connectivity index (χ1v) is 4.60. The predicted molar refractivity (Wildman–Crippen MR) is 55.2 cm³/mol. The summed E-state index contributed by atoms with van der Waals surface area (Å²) in [6.07, 6.45) is 0.383. The molecule has 0 aliphatic heterocycles. The predicted octanol–water partition coefficient (Wildman–Crippen LogP) is 2.00. The number of rotatable bonds is 2. The van der Waals surface area contributed by atoms with Crippen molar-refractivity contribution in [2.75, 3.05) is 0 Å². The lowest BCUT2D eigenvalue weighted by Crippen LogP contribution is -1.97. The van der Waals surface area contributed by atoms with Crippen LogP contribution in [0.1, 0.15) is 18.3 Å². The number of H-pyrrole nitrogens is 1. The summed E-state index contributed by atoms with van der Waals surface area (Å²) in [5.74, 6) is 0.874. The second-order valence-corrected chi connectivity index (χ2v) is 3.58. The number of carbonyl (C=O) groups excluding carboxylic acids is 1. The number of aromatic nitrogens is 2. The van der Waals surface area contributed by atoms with Crippen LogP contribution in [0.3, 0.4) is 0 Å². The van der Waals surface area contributed by atoms with Gasteiger partial charge in [-0.2, -0.15) is 0 Å². The Labute approximate surface area is 82.2 Å². The molecule has 0 unspecified atom stereocenters. The molecule has 0 fully saturated rings. The van der Waals surface area contributed by atoms with Gasteiger partial charge in [-0.25, -0.2) is 4.98 Å². The molecule has 1 aromatic heterocycles. The summed E-state index contributed by atoms with van der Waals surface area (Å²) in [5, 5.41) is 0. The van der Waals surface area contributed by atoms with Crippen molar-refractivity contribution in [1.82, 2.24) is 9.97 Å². The monoisotopic (exact) mass is 188 g/mol. The molecule has 3 heteroatoms. The molecule has 0 bridgehead atoms. The molecule has 0 amide bonds. The quantitative estimate of drug-likeness (QED) is 0.783. The summed E-state index contributed by atoms with van der Waals surface area (Å²) in [4.78, 5) is 18.4. The zero-order chi connectivity index (χ0) is 10.1. The maximum absolute atomic E-state index is 10.9. The standard InChI is InChI=1S/C11H12N2O/c1-7-3-4-9-10(5-7)13-11(12-9)6-8(2)14/h3-5H,6H2,1-2H3,(H,12,13). The van der Waals surface area contributed by atoms with E-state index in [1.54, 1.807) is 6.92 Å². The zero-order valence-corrected chi connectivity index (χ0v) is 8.29. The number of imidazole rings is 1. The average molecular weight is 188 g/mol. The third-order valence-electron chi connectivity index (χ3n) is 2.10. The van der Waals surface area contributed by atoms with Crippen molar-refractivity contribution in [2.45, 2.75) is 20.3 Å². The minimum atomic E-state index is 0.126. The van der Waals surface area contributed by atoms with E-state index in [9.17, 15) is 4.79 Å². The zero-order valence-electron chi connectivity index (χ0n) is 8.29. The van der Waals surface area contributed by atoms with Gasteiger partial charge in [0.2, 0.25) is 0 Å². The second-order valence-electron chi connectivity index (χ2n) is 3.58. The minimum absolute atomic E-state index is 0.126. The molecule has 2 rings (SSSR count). The van der Waals surface area contributed by atoms with E-state index in [1.165, 1.54) is 5.56 Å². The molecule has 2 aromatic rings. The number of nitrogens with one attached hydrogen (secondary N) is 1. The molecular weight excluding hydrogens is 176 g/mol. The number of hydrogen-bond donors (Lipinski definition) is 1. The molecule has 0 saturated carbocycles. The normalized spacial score (nSPS) is 10.7. The van der Waals surface area contributed by atoms with Crippen LogP contribution < -0.4 is 0 Å². The lowest BCUT2D eigenvalue weighted by atomic mass is 10.2. The smallest absolute Gasteiger partial charge is 0.137 e. The summed E-state index contributed by atoms with van der Waals surface area (Å²) in [6, 6.07) is 6.02. The SMILES string of the molecule is CC(=O)Cc1nc2cc(C)ccc2[nH]1. The molecule has 0 aliphatic carbocycles. The van der Waals surface area contributed by atoms with Gasteiger partial charge in [-0.3, -0.25) is 4.79 Å². The van der Waals surface area contributed by atoms with Crippen LogP contribution in [0, 0.1) is 6.92 Å². The van der Waals surface area contributed by atoms with Gasteiger partial charge < -0.3 is 4.98 Å². The largest absolute Gasteiger partial charge is 0.342 e. The highest BCUT2D eigenvalue weighted by Crippen LogP contribution is 2.13. The topological polar surface area (TPSA) is 45.8 Å². The van der Waals surface area contributed by atoms with E-state index in [-0.39, 0.29) is 5.78 Å². The Balaban J connectivity index is 2.46. The van der Waals surface area contributed by atoms with E-state index in [0.717, 1.165) is 16.9 Å². The maximum Gasteiger partial charge on any atom is 0.137 e. The van der Waals surface area contributed by atoms with E-state index in [4.69, 9.17) is 0 Å². The first-order valence-electron chi connectivity index (χ1n) is 4.60. The van der Waals surface area contributed by atoms with Crippen LogP contribution in [0.4, 0.5) is 0 Å². The molecule has 0 atom stereocenters. The van der Waals surface area contributed by atoms with E-state index in [2.05, 4.69) is 9.97 Å². The lowest BCUT2D eigenvalue weighted by Gasteiger charge is -1.89. The number of aromatic amines is 1. The van der Waals surface area contributed by atoms with Crippen molar-refractivity contribution in [1.29, 1.82) is 0 Å². The fourth-order valence-electron chi connectivity index (χ4n) is 1.49. The van der Waals surface area contributed by atoms with Crippen molar-refractivity contribution >= 4 is 16.8 Å². The van der Waals surface area contributed by atoms with Gasteiger partial charge in [-0.1, -0.05) is 6.07 Å². The first-order chi connectivity index (χ1) is 6.65. The van der Waals surface area contributed by atoms with Gasteiger partial charge in [0.25, 0.3) is 0 Å². The third kappa shape index (κ3) is 1.66. The van der Waals surface area contributed by atoms with Gasteiger partial charge >= 0.3 is 0 Å². The summed E-state index contributed by atoms with van der Waals surface area (Å²) >= 11 is 0. The van der Waals surface area contributed by atoms with Crippen LogP contribution in [0.5, 0.6) is 0 Å². The molecule has 0 aliphatic rings. The summed E-state index contributed by atoms with van der Waals surface area (Å²) < 4.78 is 0. The van der Waals surface area contributed by atoms with Crippen LogP contribution in [0.25, 0.3) is 11.0 Å². The van der Waals surface area contributed by atoms with Crippen LogP contribution in [0.15, 0.2) is 18.2 Å². The summed E-state index contributed by atoms with van der Waals surface area (Å²) in [5.41, 5.74) is 3.10. The highest BCUT2D eigenvalue weighted by molar-refractivity contribution is 5.80. The van der Waals surface area contributed by atoms with Gasteiger partial charge in [0.1, 0.15) is 11.6 Å². The number of nitrogens with zero attached hydrogens (tertiary/aromatic N) is 1. The van der Waals surface area contributed by atoms with Crippen LogP contribution in [-0.4, -0.2) is 15.8 Å². The Morgan fingerprint density at radius 3 is 3.00 bits per heavy atom. The van der Waals surface area contributed by atoms with Gasteiger partial charge in [-0.15, -0.1) is 0 Å². The summed E-state index contributed by atoms with van der Waals surface area (Å²) in [7, 11) is 0. The van der Waals surface area contributed by atoms with E-state index >= 15 is 0 Å². The number of carbonyl (C=O) groups is 1. The van der Waals surface area contributed by atoms with Gasteiger partial charge in [0.15, 0.2) is 0 Å². The van der Waals surface area contributed by atoms with E-state index < -0.39 is 0 Å². The number of Topliss-reactive ketones (excluding diaryl/α,β-unsaturated/α-hetero) is 1. The molecule has 1 N–H and O–H groups in total. The molecule has 1 heterocycles. The number of ketones is 1. The highest BCUT2D eigenvalue weighted by Gasteiger charge is 2.04. The fourth-order valence-corrected chi connectivity index (χ4v) is 1.49. The number of fused-ring (bicyclic) bond motifs is 1. The van der Waals surface area contributed by atoms with Crippen molar-refractivity contribution in [3.63, 3.8) is 0 Å². The maximum atomic E-state index is 10.9. The van der Waals surface area contributed by atoms with Gasteiger partial charge in [0.05, 0.1) is 17.5 Å². The summed E-state index contributed by atoms with van der Waals surface area (Å²) in [6.45, 7) is 3.59. The van der Waals surface area contributed by atoms with E-state index in [0.29, 0.717) is 6.42 Å². The van der Waals surface area contributed by atoms with E-state index in [1.807, 2.05) is 25.1 Å². The van der Waals surface area contributed by atoms with Crippen LogP contribution in [0.2, 0.25) is 0 Å². The molecule has 72 valence electrons. The first kappa shape index (κ1) is 8.94. The average Bonchev–Trinajstić information content (AvgIpc) is 2.44. The molecule has 1 aromatic carbocycles. The Morgan fingerprint density at radius 1 is 1.50 bits per heavy atom. The number of benzene rings is 1. The minimum Gasteiger partial charge on any atom is -0.342 e. The molecule has 0 saturated heterocycles. The Morgan fingerprint density at radius 2 is 2.29 bits per heavy atom. The molecule has 0 radical (unpaired) electrons.